The molecule has 130 valence electrons. The number of likely N-dealkylation sites (tertiary alicyclic amines) is 1. The second-order valence-electron chi connectivity index (χ2n) is 6.95. The van der Waals surface area contributed by atoms with Crippen molar-refractivity contribution < 1.29 is 17.9 Å². The fraction of sp³-hybridized carbons (Fsp3) is 0.500. The first kappa shape index (κ1) is 16.8. The van der Waals surface area contributed by atoms with Crippen molar-refractivity contribution in [1.29, 1.82) is 0 Å². The summed E-state index contributed by atoms with van der Waals surface area (Å²) in [5.74, 6) is 0.349. The molecule has 0 aromatic heterocycles. The summed E-state index contributed by atoms with van der Waals surface area (Å²) in [5, 5.41) is 0. The number of fused-ring (bicyclic) bond motifs is 1. The average molecular weight is 351 g/mol. The largest absolute Gasteiger partial charge is 0.444 e. The van der Waals surface area contributed by atoms with E-state index in [2.05, 4.69) is 9.71 Å². The molecule has 1 unspecified atom stereocenters. The summed E-state index contributed by atoms with van der Waals surface area (Å²) < 4.78 is 32.0. The number of hydrogen-bond acceptors (Lipinski definition) is 5. The number of nitrogens with one attached hydrogen (secondary N) is 1. The van der Waals surface area contributed by atoms with Gasteiger partial charge in [-0.1, -0.05) is 12.1 Å². The summed E-state index contributed by atoms with van der Waals surface area (Å²) in [6.45, 7) is 6.43. The molecule has 1 aromatic rings. The summed E-state index contributed by atoms with van der Waals surface area (Å²) in [6.07, 6.45) is 0.310. The molecule has 2 aliphatic heterocycles. The Morgan fingerprint density at radius 2 is 2.04 bits per heavy atom. The first-order valence-electron chi connectivity index (χ1n) is 7.84. The highest BCUT2D eigenvalue weighted by Gasteiger charge is 2.33. The standard InChI is InChI=1S/C16H21N3O4S/c1-16(2,3)23-15(20)19-9-8-11(10-19)17-14-12-6-4-5-7-13(12)24(21,22)18-14/h4-7,11H,8-10H2,1-3H3,(H,17,18). The fourth-order valence-corrected chi connectivity index (χ4v) is 3.99. The molecule has 1 atom stereocenters. The third kappa shape index (κ3) is 3.38. The van der Waals surface area contributed by atoms with Gasteiger partial charge in [-0.25, -0.2) is 13.2 Å². The second kappa shape index (κ2) is 5.77. The van der Waals surface area contributed by atoms with Crippen molar-refractivity contribution in [3.63, 3.8) is 0 Å². The van der Waals surface area contributed by atoms with E-state index in [1.165, 1.54) is 0 Å². The van der Waals surface area contributed by atoms with E-state index in [0.29, 0.717) is 30.9 Å². The molecule has 1 N–H and O–H groups in total. The number of aliphatic imine (C=N–C) groups is 1. The van der Waals surface area contributed by atoms with Crippen LogP contribution in [0.2, 0.25) is 0 Å². The number of carbonyl (C=O) groups excluding carboxylic acids is 1. The van der Waals surface area contributed by atoms with Crippen LogP contribution in [0.1, 0.15) is 32.8 Å². The lowest BCUT2D eigenvalue weighted by molar-refractivity contribution is 0.0293. The summed E-state index contributed by atoms with van der Waals surface area (Å²) >= 11 is 0. The minimum atomic E-state index is -3.54. The van der Waals surface area contributed by atoms with Crippen LogP contribution in [0.15, 0.2) is 34.2 Å². The maximum absolute atomic E-state index is 12.1. The van der Waals surface area contributed by atoms with E-state index < -0.39 is 15.6 Å². The van der Waals surface area contributed by atoms with E-state index in [1.54, 1.807) is 29.2 Å². The van der Waals surface area contributed by atoms with Crippen molar-refractivity contribution in [3.05, 3.63) is 29.8 Å². The molecular formula is C16H21N3O4S. The van der Waals surface area contributed by atoms with Gasteiger partial charge in [0.05, 0.1) is 10.9 Å². The molecular weight excluding hydrogens is 330 g/mol. The molecule has 1 amide bonds. The Morgan fingerprint density at radius 3 is 2.75 bits per heavy atom. The van der Waals surface area contributed by atoms with Crippen molar-refractivity contribution in [2.75, 3.05) is 13.1 Å². The van der Waals surface area contributed by atoms with Gasteiger partial charge < -0.3 is 9.64 Å². The Labute approximate surface area is 141 Å². The van der Waals surface area contributed by atoms with Crippen molar-refractivity contribution in [1.82, 2.24) is 9.62 Å². The average Bonchev–Trinajstić information content (AvgIpc) is 3.02. The number of amidine groups is 1. The monoisotopic (exact) mass is 351 g/mol. The molecule has 2 heterocycles. The van der Waals surface area contributed by atoms with Crippen LogP contribution in [0.5, 0.6) is 0 Å². The number of hydrogen-bond donors (Lipinski definition) is 1. The van der Waals surface area contributed by atoms with Gasteiger partial charge >= 0.3 is 6.09 Å². The van der Waals surface area contributed by atoms with Crippen LogP contribution in [-0.2, 0) is 14.8 Å². The molecule has 0 radical (unpaired) electrons. The number of carbonyl (C=O) groups is 1. The molecule has 8 heteroatoms. The van der Waals surface area contributed by atoms with Crippen LogP contribution < -0.4 is 4.72 Å². The van der Waals surface area contributed by atoms with E-state index in [9.17, 15) is 13.2 Å². The van der Waals surface area contributed by atoms with Gasteiger partial charge in [-0.05, 0) is 39.3 Å². The third-order valence-corrected chi connectivity index (χ3v) is 5.19. The summed E-state index contributed by atoms with van der Waals surface area (Å²) in [5.41, 5.74) is 0.0365. The zero-order chi connectivity index (χ0) is 17.5. The number of amides is 1. The van der Waals surface area contributed by atoms with Crippen LogP contribution in [0.3, 0.4) is 0 Å². The Hall–Kier alpha value is -2.09. The summed E-state index contributed by atoms with van der Waals surface area (Å²) in [7, 11) is -3.54. The van der Waals surface area contributed by atoms with E-state index >= 15 is 0 Å². The van der Waals surface area contributed by atoms with E-state index in [4.69, 9.17) is 4.74 Å². The minimum Gasteiger partial charge on any atom is -0.444 e. The summed E-state index contributed by atoms with van der Waals surface area (Å²) in [4.78, 5) is 18.5. The number of nitrogens with zero attached hydrogens (tertiary/aromatic N) is 2. The Balaban J connectivity index is 1.74. The highest BCUT2D eigenvalue weighted by molar-refractivity contribution is 7.90. The van der Waals surface area contributed by atoms with Gasteiger partial charge in [-0.15, -0.1) is 0 Å². The zero-order valence-corrected chi connectivity index (χ0v) is 14.8. The lowest BCUT2D eigenvalue weighted by Gasteiger charge is -2.24. The van der Waals surface area contributed by atoms with Crippen LogP contribution in [-0.4, -0.2) is 50.0 Å². The molecule has 0 aliphatic carbocycles. The first-order chi connectivity index (χ1) is 11.2. The molecule has 0 spiro atoms. The quantitative estimate of drug-likeness (QED) is 0.835. The second-order valence-corrected chi connectivity index (χ2v) is 8.60. The Bertz CT molecular complexity index is 796. The van der Waals surface area contributed by atoms with Gasteiger partial charge in [-0.3, -0.25) is 9.71 Å². The SMILES string of the molecule is CC(C)(C)OC(=O)N1CCC(N=C2NS(=O)(=O)c3ccccc32)C1. The van der Waals surface area contributed by atoms with Gasteiger partial charge in [0.1, 0.15) is 11.4 Å². The smallest absolute Gasteiger partial charge is 0.410 e. The van der Waals surface area contributed by atoms with Crippen LogP contribution in [0.4, 0.5) is 4.79 Å². The predicted molar refractivity (Wildman–Crippen MR) is 89.5 cm³/mol. The van der Waals surface area contributed by atoms with Gasteiger partial charge in [0.2, 0.25) is 0 Å². The van der Waals surface area contributed by atoms with Gasteiger partial charge in [-0.2, -0.15) is 0 Å². The van der Waals surface area contributed by atoms with Gasteiger partial charge in [0.25, 0.3) is 10.0 Å². The van der Waals surface area contributed by atoms with Crippen molar-refractivity contribution in [2.45, 2.75) is 43.7 Å². The van der Waals surface area contributed by atoms with Crippen LogP contribution in [0.25, 0.3) is 0 Å². The summed E-state index contributed by atoms with van der Waals surface area (Å²) in [6, 6.07) is 6.59. The normalized spacial score (nSPS) is 23.9. The van der Waals surface area contributed by atoms with Crippen LogP contribution >= 0.6 is 0 Å². The Kier molecular flexibility index (Phi) is 4.03. The zero-order valence-electron chi connectivity index (χ0n) is 13.9. The number of sulfonamides is 1. The molecule has 3 rings (SSSR count). The van der Waals surface area contributed by atoms with Crippen molar-refractivity contribution in [3.8, 4) is 0 Å². The topological polar surface area (TPSA) is 88.1 Å². The number of benzene rings is 1. The predicted octanol–water partition coefficient (Wildman–Crippen LogP) is 1.73. The lowest BCUT2D eigenvalue weighted by atomic mass is 10.2. The Morgan fingerprint density at radius 1 is 1.33 bits per heavy atom. The molecule has 1 fully saturated rings. The van der Waals surface area contributed by atoms with E-state index in [0.717, 1.165) is 0 Å². The number of rotatable bonds is 1. The first-order valence-corrected chi connectivity index (χ1v) is 9.32. The lowest BCUT2D eigenvalue weighted by Crippen LogP contribution is -2.35. The van der Waals surface area contributed by atoms with Crippen molar-refractivity contribution in [2.24, 2.45) is 4.99 Å². The molecule has 1 aromatic carbocycles. The van der Waals surface area contributed by atoms with E-state index in [-0.39, 0.29) is 17.0 Å². The van der Waals surface area contributed by atoms with Crippen molar-refractivity contribution >= 4 is 22.0 Å². The maximum Gasteiger partial charge on any atom is 0.410 e. The molecule has 7 nitrogen and oxygen atoms in total. The third-order valence-electron chi connectivity index (χ3n) is 3.79. The highest BCUT2D eigenvalue weighted by Crippen LogP contribution is 2.24. The molecule has 0 bridgehead atoms. The minimum absolute atomic E-state index is 0.152. The van der Waals surface area contributed by atoms with Gasteiger partial charge in [0.15, 0.2) is 0 Å². The highest BCUT2D eigenvalue weighted by atomic mass is 32.2. The maximum atomic E-state index is 12.1. The van der Waals surface area contributed by atoms with Crippen LogP contribution in [0, 0.1) is 0 Å². The molecule has 2 aliphatic rings. The van der Waals surface area contributed by atoms with E-state index in [1.807, 2.05) is 20.8 Å². The fourth-order valence-electron chi connectivity index (χ4n) is 2.75. The molecule has 1 saturated heterocycles. The molecule has 0 saturated carbocycles. The number of ether oxygens (including phenoxy) is 1. The van der Waals surface area contributed by atoms with Gasteiger partial charge in [0, 0.05) is 18.7 Å². The molecule has 24 heavy (non-hydrogen) atoms.